The molecule has 0 bridgehead atoms. The van der Waals surface area contributed by atoms with E-state index in [9.17, 15) is 9.59 Å². The molecule has 0 unspecified atom stereocenters. The van der Waals surface area contributed by atoms with Crippen molar-refractivity contribution in [2.45, 2.75) is 19.8 Å². The first kappa shape index (κ1) is 14.9. The summed E-state index contributed by atoms with van der Waals surface area (Å²) in [7, 11) is 6.06. The van der Waals surface area contributed by atoms with Gasteiger partial charge in [0, 0.05) is 0 Å². The molecule has 94 valence electrons. The van der Waals surface area contributed by atoms with E-state index in [0.29, 0.717) is 13.2 Å². The quantitative estimate of drug-likeness (QED) is 0.476. The number of nitrogens with zero attached hydrogens (tertiary/aromatic N) is 1. The fraction of sp³-hybridized carbons (Fsp3) is 0.818. The summed E-state index contributed by atoms with van der Waals surface area (Å²) in [6.45, 7) is 3.21. The zero-order chi connectivity index (χ0) is 12.6. The maximum Gasteiger partial charge on any atom is 0.306 e. The molecule has 5 nitrogen and oxygen atoms in total. The van der Waals surface area contributed by atoms with Crippen molar-refractivity contribution in [2.24, 2.45) is 0 Å². The molecule has 16 heavy (non-hydrogen) atoms. The number of carbonyl (C=O) groups is 2. The first-order chi connectivity index (χ1) is 7.35. The van der Waals surface area contributed by atoms with Crippen LogP contribution in [0.4, 0.5) is 0 Å². The van der Waals surface area contributed by atoms with E-state index in [4.69, 9.17) is 9.47 Å². The van der Waals surface area contributed by atoms with Crippen LogP contribution >= 0.6 is 0 Å². The lowest BCUT2D eigenvalue weighted by atomic mass is 10.3. The summed E-state index contributed by atoms with van der Waals surface area (Å²) in [6.07, 6.45) is 0.188. The van der Waals surface area contributed by atoms with Gasteiger partial charge in [-0.2, -0.15) is 0 Å². The van der Waals surface area contributed by atoms with Crippen LogP contribution in [0.25, 0.3) is 0 Å². The number of likely N-dealkylation sites (N-methyl/N-ethyl adjacent to an activating group) is 1. The summed E-state index contributed by atoms with van der Waals surface area (Å²) in [5.41, 5.74) is 0. The molecule has 0 radical (unpaired) electrons. The van der Waals surface area contributed by atoms with E-state index >= 15 is 0 Å². The molecular formula is C11H22NO4+. The molecule has 0 fully saturated rings. The van der Waals surface area contributed by atoms with Gasteiger partial charge < -0.3 is 14.0 Å². The van der Waals surface area contributed by atoms with Gasteiger partial charge in [-0.05, 0) is 6.92 Å². The molecule has 0 atom stereocenters. The van der Waals surface area contributed by atoms with Crippen LogP contribution < -0.4 is 0 Å². The smallest absolute Gasteiger partial charge is 0.306 e. The molecule has 0 aliphatic carbocycles. The Morgan fingerprint density at radius 3 is 1.94 bits per heavy atom. The predicted molar refractivity (Wildman–Crippen MR) is 59.7 cm³/mol. The van der Waals surface area contributed by atoms with Crippen molar-refractivity contribution in [3.8, 4) is 0 Å². The third-order valence-corrected chi connectivity index (χ3v) is 1.86. The second-order valence-electron chi connectivity index (χ2n) is 4.54. The molecule has 0 amide bonds. The van der Waals surface area contributed by atoms with Crippen LogP contribution in [0.3, 0.4) is 0 Å². The van der Waals surface area contributed by atoms with Gasteiger partial charge in [-0.3, -0.25) is 9.59 Å². The maximum atomic E-state index is 11.2. The topological polar surface area (TPSA) is 52.6 Å². The van der Waals surface area contributed by atoms with E-state index in [0.717, 1.165) is 11.0 Å². The lowest BCUT2D eigenvalue weighted by Gasteiger charge is -2.23. The average molecular weight is 232 g/mol. The molecule has 0 aromatic carbocycles. The number of rotatable bonds is 7. The summed E-state index contributed by atoms with van der Waals surface area (Å²) >= 11 is 0. The van der Waals surface area contributed by atoms with Gasteiger partial charge in [-0.1, -0.05) is 0 Å². The Labute approximate surface area is 96.9 Å². The molecule has 0 aromatic rings. The number of carbonyl (C=O) groups excluding carboxylic acids is 2. The van der Waals surface area contributed by atoms with Crippen LogP contribution in [-0.2, 0) is 19.1 Å². The number of hydrogen-bond acceptors (Lipinski definition) is 4. The summed E-state index contributed by atoms with van der Waals surface area (Å²) in [4.78, 5) is 22.1. The fourth-order valence-electron chi connectivity index (χ4n) is 0.943. The highest BCUT2D eigenvalue weighted by Gasteiger charge is 2.11. The highest BCUT2D eigenvalue weighted by atomic mass is 16.5. The first-order valence-corrected chi connectivity index (χ1v) is 5.47. The molecular weight excluding hydrogens is 210 g/mol. The number of quaternary nitrogens is 1. The van der Waals surface area contributed by atoms with E-state index < -0.39 is 0 Å². The van der Waals surface area contributed by atoms with Crippen LogP contribution in [0.5, 0.6) is 0 Å². The van der Waals surface area contributed by atoms with Gasteiger partial charge in [0.05, 0.1) is 40.6 Å². The molecule has 0 aromatic heterocycles. The van der Waals surface area contributed by atoms with E-state index in [-0.39, 0.29) is 24.8 Å². The van der Waals surface area contributed by atoms with Crippen molar-refractivity contribution >= 4 is 11.9 Å². The minimum absolute atomic E-state index is 0.0932. The zero-order valence-electron chi connectivity index (χ0n) is 10.6. The number of ether oxygens (including phenoxy) is 2. The monoisotopic (exact) mass is 232 g/mol. The fourth-order valence-corrected chi connectivity index (χ4v) is 0.943. The summed E-state index contributed by atoms with van der Waals surface area (Å²) < 4.78 is 10.4. The zero-order valence-corrected chi connectivity index (χ0v) is 10.6. The third kappa shape index (κ3) is 9.45. The highest BCUT2D eigenvalue weighted by Crippen LogP contribution is 1.97. The van der Waals surface area contributed by atoms with Gasteiger partial charge in [0.15, 0.2) is 0 Å². The van der Waals surface area contributed by atoms with Crippen molar-refractivity contribution in [3.05, 3.63) is 0 Å². The van der Waals surface area contributed by atoms with Crippen LogP contribution in [-0.4, -0.2) is 57.3 Å². The van der Waals surface area contributed by atoms with Crippen LogP contribution in [0.1, 0.15) is 19.8 Å². The Bertz CT molecular complexity index is 233. The minimum atomic E-state index is -0.356. The number of esters is 2. The Morgan fingerprint density at radius 1 is 1.00 bits per heavy atom. The van der Waals surface area contributed by atoms with Crippen molar-refractivity contribution in [2.75, 3.05) is 40.9 Å². The van der Waals surface area contributed by atoms with Crippen LogP contribution in [0, 0.1) is 0 Å². The van der Waals surface area contributed by atoms with Gasteiger partial charge in [0.1, 0.15) is 13.2 Å². The second-order valence-corrected chi connectivity index (χ2v) is 4.54. The third-order valence-electron chi connectivity index (χ3n) is 1.86. The predicted octanol–water partition coefficient (Wildman–Crippen LogP) is 0.579. The highest BCUT2D eigenvalue weighted by molar-refractivity contribution is 5.77. The van der Waals surface area contributed by atoms with Gasteiger partial charge in [-0.25, -0.2) is 0 Å². The average Bonchev–Trinajstić information content (AvgIpc) is 2.13. The van der Waals surface area contributed by atoms with Crippen LogP contribution in [0.2, 0.25) is 0 Å². The van der Waals surface area contributed by atoms with Gasteiger partial charge in [0.2, 0.25) is 0 Å². The van der Waals surface area contributed by atoms with Crippen molar-refractivity contribution in [1.82, 2.24) is 0 Å². The maximum absolute atomic E-state index is 11.2. The minimum Gasteiger partial charge on any atom is -0.466 e. The molecule has 5 heteroatoms. The second kappa shape index (κ2) is 7.22. The lowest BCUT2D eigenvalue weighted by molar-refractivity contribution is -0.870. The van der Waals surface area contributed by atoms with Gasteiger partial charge in [0.25, 0.3) is 0 Å². The normalized spacial score (nSPS) is 11.0. The SMILES string of the molecule is CCOC(=O)CCC(=O)OCC[N+](C)(C)C. The lowest BCUT2D eigenvalue weighted by Crippen LogP contribution is -2.38. The standard InChI is InChI=1S/C11H22NO4/c1-5-15-10(13)6-7-11(14)16-9-8-12(2,3)4/h5-9H2,1-4H3/q+1. The summed E-state index contributed by atoms with van der Waals surface area (Å²) in [5, 5.41) is 0. The van der Waals surface area contributed by atoms with Crippen molar-refractivity contribution in [3.63, 3.8) is 0 Å². The molecule has 0 aliphatic heterocycles. The Hall–Kier alpha value is -1.10. The van der Waals surface area contributed by atoms with Crippen LogP contribution in [0.15, 0.2) is 0 Å². The molecule has 0 N–H and O–H groups in total. The molecule has 0 spiro atoms. The summed E-state index contributed by atoms with van der Waals surface area (Å²) in [5.74, 6) is -0.701. The van der Waals surface area contributed by atoms with Gasteiger partial charge in [-0.15, -0.1) is 0 Å². The molecule has 0 aliphatic rings. The van der Waals surface area contributed by atoms with E-state index in [1.165, 1.54) is 0 Å². The van der Waals surface area contributed by atoms with E-state index in [2.05, 4.69) is 0 Å². The molecule has 0 saturated carbocycles. The largest absolute Gasteiger partial charge is 0.466 e. The number of hydrogen-bond donors (Lipinski definition) is 0. The molecule has 0 saturated heterocycles. The first-order valence-electron chi connectivity index (χ1n) is 5.47. The van der Waals surface area contributed by atoms with Crippen molar-refractivity contribution in [1.29, 1.82) is 0 Å². The Kier molecular flexibility index (Phi) is 6.72. The Morgan fingerprint density at radius 2 is 1.50 bits per heavy atom. The van der Waals surface area contributed by atoms with Gasteiger partial charge >= 0.3 is 11.9 Å². The van der Waals surface area contributed by atoms with E-state index in [1.54, 1.807) is 6.92 Å². The summed E-state index contributed by atoms with van der Waals surface area (Å²) in [6, 6.07) is 0. The van der Waals surface area contributed by atoms with E-state index in [1.807, 2.05) is 21.1 Å². The van der Waals surface area contributed by atoms with Crippen molar-refractivity contribution < 1.29 is 23.5 Å². The Balaban J connectivity index is 3.56. The molecule has 0 heterocycles. The molecule has 0 rings (SSSR count).